The summed E-state index contributed by atoms with van der Waals surface area (Å²) in [4.78, 5) is 53.9. The van der Waals surface area contributed by atoms with E-state index in [0.717, 1.165) is 5.57 Å². The van der Waals surface area contributed by atoms with Crippen LogP contribution in [0.2, 0.25) is 0 Å². The average molecular weight is 477 g/mol. The van der Waals surface area contributed by atoms with Gasteiger partial charge in [0.15, 0.2) is 0 Å². The van der Waals surface area contributed by atoms with Gasteiger partial charge in [-0.05, 0) is 74.7 Å². The Kier molecular flexibility index (Phi) is 5.75. The van der Waals surface area contributed by atoms with Crippen LogP contribution in [0.25, 0.3) is 0 Å². The van der Waals surface area contributed by atoms with Crippen LogP contribution >= 0.6 is 0 Å². The minimum absolute atomic E-state index is 0.000284. The second kappa shape index (κ2) is 8.76. The molecule has 8 heteroatoms. The molecule has 0 saturated carbocycles. The van der Waals surface area contributed by atoms with E-state index < -0.39 is 17.7 Å². The number of hydrogen-bond acceptors (Lipinski definition) is 5. The molecule has 0 radical (unpaired) electrons. The number of carbonyl (C=O) groups excluding carboxylic acids is 4. The summed E-state index contributed by atoms with van der Waals surface area (Å²) < 4.78 is 18.7. The van der Waals surface area contributed by atoms with Gasteiger partial charge in [-0.1, -0.05) is 11.6 Å². The number of anilines is 2. The minimum Gasteiger partial charge on any atom is -0.426 e. The van der Waals surface area contributed by atoms with Crippen LogP contribution in [-0.2, 0) is 19.2 Å². The van der Waals surface area contributed by atoms with Gasteiger partial charge in [-0.15, -0.1) is 0 Å². The second-order valence-corrected chi connectivity index (χ2v) is 9.47. The number of imide groups is 1. The SMILES string of the molecule is CC1=CC[C@@H]2C(=O)N(c3ccc(OC(=O)[C@H]4CC(=O)N(c5ccc(F)cc5)C4)cc3C)C(=O)[C@@H]2C1. The monoisotopic (exact) mass is 476 g/mol. The van der Waals surface area contributed by atoms with Gasteiger partial charge >= 0.3 is 5.97 Å². The van der Waals surface area contributed by atoms with Gasteiger partial charge in [0, 0.05) is 18.7 Å². The number of esters is 1. The molecule has 2 aliphatic heterocycles. The van der Waals surface area contributed by atoms with Crippen molar-refractivity contribution < 1.29 is 28.3 Å². The van der Waals surface area contributed by atoms with E-state index in [1.807, 2.05) is 13.0 Å². The third-order valence-corrected chi connectivity index (χ3v) is 7.05. The number of benzene rings is 2. The first kappa shape index (κ1) is 23.0. The zero-order chi connectivity index (χ0) is 24.9. The molecule has 35 heavy (non-hydrogen) atoms. The summed E-state index contributed by atoms with van der Waals surface area (Å²) in [6.07, 6.45) is 3.19. The van der Waals surface area contributed by atoms with Crippen LogP contribution < -0.4 is 14.5 Å². The number of amides is 3. The Morgan fingerprint density at radius 1 is 0.971 bits per heavy atom. The fourth-order valence-corrected chi connectivity index (χ4v) is 5.15. The van der Waals surface area contributed by atoms with E-state index in [-0.39, 0.29) is 48.3 Å². The molecule has 2 heterocycles. The van der Waals surface area contributed by atoms with Crippen molar-refractivity contribution in [2.24, 2.45) is 17.8 Å². The molecule has 2 aromatic carbocycles. The maximum absolute atomic E-state index is 13.2. The van der Waals surface area contributed by atoms with Crippen LogP contribution in [-0.4, -0.2) is 30.2 Å². The van der Waals surface area contributed by atoms with Crippen molar-refractivity contribution in [1.82, 2.24) is 0 Å². The smallest absolute Gasteiger partial charge is 0.316 e. The topological polar surface area (TPSA) is 84.0 Å². The predicted molar refractivity (Wildman–Crippen MR) is 126 cm³/mol. The molecule has 3 atom stereocenters. The molecule has 2 aromatic rings. The van der Waals surface area contributed by atoms with Gasteiger partial charge in [0.1, 0.15) is 11.6 Å². The number of fused-ring (bicyclic) bond motifs is 1. The summed E-state index contributed by atoms with van der Waals surface area (Å²) in [6.45, 7) is 3.88. The number of nitrogens with zero attached hydrogens (tertiary/aromatic N) is 2. The van der Waals surface area contributed by atoms with Crippen LogP contribution in [0, 0.1) is 30.5 Å². The Bertz CT molecular complexity index is 1270. The van der Waals surface area contributed by atoms with E-state index in [1.54, 1.807) is 25.1 Å². The first-order chi connectivity index (χ1) is 16.7. The third kappa shape index (κ3) is 4.13. The van der Waals surface area contributed by atoms with Crippen molar-refractivity contribution >= 4 is 35.1 Å². The summed E-state index contributed by atoms with van der Waals surface area (Å²) >= 11 is 0. The average Bonchev–Trinajstić information content (AvgIpc) is 3.32. The number of halogens is 1. The molecular formula is C27H25FN2O5. The molecule has 0 N–H and O–H groups in total. The maximum Gasteiger partial charge on any atom is 0.316 e. The molecule has 2 fully saturated rings. The lowest BCUT2D eigenvalue weighted by atomic mass is 9.82. The van der Waals surface area contributed by atoms with Crippen LogP contribution in [0.15, 0.2) is 54.1 Å². The lowest BCUT2D eigenvalue weighted by molar-refractivity contribution is -0.139. The normalized spacial score (nSPS) is 24.0. The second-order valence-electron chi connectivity index (χ2n) is 9.47. The molecule has 0 unspecified atom stereocenters. The molecule has 0 spiro atoms. The minimum atomic E-state index is -0.659. The number of carbonyl (C=O) groups is 4. The first-order valence-electron chi connectivity index (χ1n) is 11.6. The molecule has 3 amide bonds. The number of rotatable bonds is 4. The van der Waals surface area contributed by atoms with E-state index in [9.17, 15) is 23.6 Å². The van der Waals surface area contributed by atoms with Gasteiger partial charge in [0.25, 0.3) is 0 Å². The highest BCUT2D eigenvalue weighted by Crippen LogP contribution is 2.41. The highest BCUT2D eigenvalue weighted by Gasteiger charge is 2.49. The zero-order valence-electron chi connectivity index (χ0n) is 19.5. The maximum atomic E-state index is 13.2. The Morgan fingerprint density at radius 3 is 2.40 bits per heavy atom. The summed E-state index contributed by atoms with van der Waals surface area (Å²) in [5.41, 5.74) is 2.77. The van der Waals surface area contributed by atoms with E-state index >= 15 is 0 Å². The molecule has 7 nitrogen and oxygen atoms in total. The van der Waals surface area contributed by atoms with E-state index in [0.29, 0.717) is 29.8 Å². The highest BCUT2D eigenvalue weighted by atomic mass is 19.1. The molecular weight excluding hydrogens is 451 g/mol. The number of aryl methyl sites for hydroxylation is 1. The molecule has 2 saturated heterocycles. The van der Waals surface area contributed by atoms with Gasteiger partial charge in [-0.2, -0.15) is 0 Å². The van der Waals surface area contributed by atoms with E-state index in [2.05, 4.69) is 0 Å². The number of ether oxygens (including phenoxy) is 1. The molecule has 180 valence electrons. The quantitative estimate of drug-likeness (QED) is 0.289. The Labute approximate surface area is 202 Å². The van der Waals surface area contributed by atoms with Crippen molar-refractivity contribution in [3.8, 4) is 5.75 Å². The largest absolute Gasteiger partial charge is 0.426 e. The summed E-state index contributed by atoms with van der Waals surface area (Å²) in [6, 6.07) is 10.3. The Morgan fingerprint density at radius 2 is 1.69 bits per heavy atom. The van der Waals surface area contributed by atoms with Crippen molar-refractivity contribution in [2.75, 3.05) is 16.3 Å². The van der Waals surface area contributed by atoms with Gasteiger partial charge in [-0.3, -0.25) is 19.2 Å². The predicted octanol–water partition coefficient (Wildman–Crippen LogP) is 3.94. The van der Waals surface area contributed by atoms with Gasteiger partial charge in [-0.25, -0.2) is 9.29 Å². The van der Waals surface area contributed by atoms with Crippen LogP contribution in [0.5, 0.6) is 5.75 Å². The lowest BCUT2D eigenvalue weighted by Crippen LogP contribution is -2.31. The molecule has 5 rings (SSSR count). The van der Waals surface area contributed by atoms with Crippen molar-refractivity contribution in [1.29, 1.82) is 0 Å². The number of hydrogen-bond donors (Lipinski definition) is 0. The molecule has 1 aliphatic carbocycles. The van der Waals surface area contributed by atoms with Gasteiger partial charge in [0.2, 0.25) is 17.7 Å². The molecule has 0 bridgehead atoms. The third-order valence-electron chi connectivity index (χ3n) is 7.05. The highest BCUT2D eigenvalue weighted by molar-refractivity contribution is 6.22. The van der Waals surface area contributed by atoms with Gasteiger partial charge in [0.05, 0.1) is 23.4 Å². The van der Waals surface area contributed by atoms with E-state index in [4.69, 9.17) is 4.74 Å². The van der Waals surface area contributed by atoms with Crippen LogP contribution in [0.4, 0.5) is 15.8 Å². The number of allylic oxidation sites excluding steroid dienone is 2. The zero-order valence-corrected chi connectivity index (χ0v) is 19.5. The Balaban J connectivity index is 1.28. The van der Waals surface area contributed by atoms with Crippen LogP contribution in [0.3, 0.4) is 0 Å². The summed E-state index contributed by atoms with van der Waals surface area (Å²) in [7, 11) is 0. The Hall–Kier alpha value is -3.81. The fourth-order valence-electron chi connectivity index (χ4n) is 5.15. The van der Waals surface area contributed by atoms with Crippen molar-refractivity contribution in [2.45, 2.75) is 33.1 Å². The lowest BCUT2D eigenvalue weighted by Gasteiger charge is -2.19. The summed E-state index contributed by atoms with van der Waals surface area (Å²) in [5.74, 6) is -2.60. The fraction of sp³-hybridized carbons (Fsp3) is 0.333. The van der Waals surface area contributed by atoms with Crippen molar-refractivity contribution in [3.05, 3.63) is 65.5 Å². The van der Waals surface area contributed by atoms with Crippen molar-refractivity contribution in [3.63, 3.8) is 0 Å². The molecule has 0 aromatic heterocycles. The van der Waals surface area contributed by atoms with Crippen LogP contribution in [0.1, 0.15) is 31.7 Å². The molecule has 3 aliphatic rings. The van der Waals surface area contributed by atoms with Gasteiger partial charge < -0.3 is 9.64 Å². The van der Waals surface area contributed by atoms with E-state index in [1.165, 1.54) is 34.1 Å². The standard InChI is InChI=1S/C27H25FN2O5/c1-15-3-9-21-22(11-15)26(33)30(25(21)32)23-10-8-20(12-16(23)2)35-27(34)17-13-24(31)29(14-17)19-6-4-18(28)5-7-19/h3-8,10,12,17,21-22H,9,11,13-14H2,1-2H3/t17-,21-,22+/m0/s1. The first-order valence-corrected chi connectivity index (χ1v) is 11.6. The summed E-state index contributed by atoms with van der Waals surface area (Å²) in [5, 5.41) is 0.